The molecule has 0 radical (unpaired) electrons. The molecule has 0 spiro atoms. The van der Waals surface area contributed by atoms with Crippen molar-refractivity contribution in [1.82, 2.24) is 19.8 Å². The minimum Gasteiger partial charge on any atom is -0.496 e. The fourth-order valence-electron chi connectivity index (χ4n) is 3.92. The lowest BCUT2D eigenvalue weighted by Gasteiger charge is -2.29. The van der Waals surface area contributed by atoms with Crippen molar-refractivity contribution in [2.45, 2.75) is 31.8 Å². The molecule has 0 N–H and O–H groups in total. The van der Waals surface area contributed by atoms with Gasteiger partial charge in [0.1, 0.15) is 11.6 Å². The van der Waals surface area contributed by atoms with Crippen molar-refractivity contribution >= 4 is 17.5 Å². The lowest BCUT2D eigenvalue weighted by molar-refractivity contribution is 0.0729. The lowest BCUT2D eigenvalue weighted by atomic mass is 10.0. The first-order chi connectivity index (χ1) is 13.1. The first-order valence-electron chi connectivity index (χ1n) is 9.24. The molecule has 1 fully saturated rings. The number of amides is 1. The lowest BCUT2D eigenvalue weighted by Crippen LogP contribution is -2.37. The van der Waals surface area contributed by atoms with E-state index in [1.54, 1.807) is 30.2 Å². The van der Waals surface area contributed by atoms with Crippen molar-refractivity contribution in [3.8, 4) is 5.75 Å². The van der Waals surface area contributed by atoms with Crippen LogP contribution in [0.5, 0.6) is 5.75 Å². The number of carbonyl (C=O) groups is 1. The minimum atomic E-state index is -0.0837. The first-order valence-corrected chi connectivity index (χ1v) is 9.62. The Hall–Kier alpha value is -2.18. The average molecular weight is 387 g/mol. The number of ether oxygens (including phenoxy) is 1. The highest BCUT2D eigenvalue weighted by Gasteiger charge is 2.29. The van der Waals surface area contributed by atoms with Gasteiger partial charge in [-0.3, -0.25) is 9.69 Å². The van der Waals surface area contributed by atoms with Gasteiger partial charge >= 0.3 is 0 Å². The van der Waals surface area contributed by atoms with Crippen LogP contribution in [0.2, 0.25) is 5.02 Å². The van der Waals surface area contributed by atoms with Gasteiger partial charge in [-0.2, -0.15) is 0 Å². The smallest absolute Gasteiger partial charge is 0.257 e. The van der Waals surface area contributed by atoms with E-state index in [4.69, 9.17) is 21.3 Å². The topological polar surface area (TPSA) is 58.6 Å². The largest absolute Gasteiger partial charge is 0.496 e. The van der Waals surface area contributed by atoms with Gasteiger partial charge in [-0.15, -0.1) is 0 Å². The summed E-state index contributed by atoms with van der Waals surface area (Å²) >= 11 is 6.08. The van der Waals surface area contributed by atoms with Crippen LogP contribution in [-0.2, 0) is 13.0 Å². The number of fused-ring (bicyclic) bond motifs is 1. The second-order valence-corrected chi connectivity index (χ2v) is 7.60. The summed E-state index contributed by atoms with van der Waals surface area (Å²) in [6.45, 7) is 2.22. The fraction of sp³-hybridized carbons (Fsp3) is 0.450. The normalized spacial score (nSPS) is 19.8. The molecule has 142 valence electrons. The summed E-state index contributed by atoms with van der Waals surface area (Å²) in [4.78, 5) is 26.5. The Morgan fingerprint density at radius 1 is 1.33 bits per heavy atom. The van der Waals surface area contributed by atoms with Gasteiger partial charge in [0.15, 0.2) is 0 Å². The number of hydrogen-bond donors (Lipinski definition) is 0. The van der Waals surface area contributed by atoms with E-state index in [-0.39, 0.29) is 5.91 Å². The highest BCUT2D eigenvalue weighted by Crippen LogP contribution is 2.30. The van der Waals surface area contributed by atoms with Gasteiger partial charge in [-0.1, -0.05) is 11.6 Å². The van der Waals surface area contributed by atoms with Gasteiger partial charge in [-0.25, -0.2) is 9.97 Å². The molecule has 1 saturated heterocycles. The number of methoxy groups -OCH3 is 1. The van der Waals surface area contributed by atoms with E-state index in [1.165, 1.54) is 6.42 Å². The van der Waals surface area contributed by atoms with Crippen LogP contribution in [0.25, 0.3) is 0 Å². The van der Waals surface area contributed by atoms with Gasteiger partial charge < -0.3 is 9.64 Å². The number of aromatic nitrogens is 2. The van der Waals surface area contributed by atoms with Crippen molar-refractivity contribution in [1.29, 1.82) is 0 Å². The van der Waals surface area contributed by atoms with Crippen molar-refractivity contribution in [3.63, 3.8) is 0 Å². The van der Waals surface area contributed by atoms with Gasteiger partial charge in [-0.05, 0) is 44.6 Å². The number of nitrogens with zero attached hydrogens (tertiary/aromatic N) is 4. The fourth-order valence-corrected chi connectivity index (χ4v) is 4.09. The average Bonchev–Trinajstić information content (AvgIpc) is 3.12. The molecule has 27 heavy (non-hydrogen) atoms. The highest BCUT2D eigenvalue weighted by atomic mass is 35.5. The van der Waals surface area contributed by atoms with Crippen LogP contribution >= 0.6 is 11.6 Å². The quantitative estimate of drug-likeness (QED) is 0.811. The molecular formula is C20H23ClN4O2. The number of halogens is 1. The Kier molecular flexibility index (Phi) is 5.02. The molecule has 7 heteroatoms. The van der Waals surface area contributed by atoms with Gasteiger partial charge in [0, 0.05) is 36.3 Å². The number of likely N-dealkylation sites (tertiary alicyclic amines) is 1. The molecule has 2 aliphatic rings. The maximum absolute atomic E-state index is 13.0. The van der Waals surface area contributed by atoms with Crippen molar-refractivity contribution in [3.05, 3.63) is 52.1 Å². The summed E-state index contributed by atoms with van der Waals surface area (Å²) in [6, 6.07) is 5.41. The number of rotatable bonds is 3. The zero-order valence-electron chi connectivity index (χ0n) is 15.6. The van der Waals surface area contributed by atoms with Crippen LogP contribution < -0.4 is 4.74 Å². The van der Waals surface area contributed by atoms with Gasteiger partial charge in [0.25, 0.3) is 5.91 Å². The number of hydrogen-bond acceptors (Lipinski definition) is 5. The van der Waals surface area contributed by atoms with Gasteiger partial charge in [0.2, 0.25) is 0 Å². The molecule has 2 aliphatic heterocycles. The molecular weight excluding hydrogens is 364 g/mol. The van der Waals surface area contributed by atoms with Crippen LogP contribution in [0.1, 0.15) is 46.3 Å². The Balaban J connectivity index is 1.55. The second-order valence-electron chi connectivity index (χ2n) is 7.16. The maximum Gasteiger partial charge on any atom is 0.257 e. The van der Waals surface area contributed by atoms with Gasteiger partial charge in [0.05, 0.1) is 24.4 Å². The number of benzene rings is 1. The van der Waals surface area contributed by atoms with E-state index in [9.17, 15) is 4.79 Å². The Bertz CT molecular complexity index is 873. The summed E-state index contributed by atoms with van der Waals surface area (Å²) in [5.41, 5.74) is 2.56. The second kappa shape index (κ2) is 7.44. The van der Waals surface area contributed by atoms with E-state index in [2.05, 4.69) is 16.9 Å². The third-order valence-electron chi connectivity index (χ3n) is 5.45. The van der Waals surface area contributed by atoms with Crippen LogP contribution in [0.3, 0.4) is 0 Å². The van der Waals surface area contributed by atoms with E-state index in [0.29, 0.717) is 35.5 Å². The molecule has 1 unspecified atom stereocenters. The van der Waals surface area contributed by atoms with E-state index < -0.39 is 0 Å². The standard InChI is InChI=1S/C20H23ClN4O2/c1-24-8-3-4-17(24)19-22-11-13-12-25(9-7-16(13)23-19)20(26)15-10-14(21)5-6-18(15)27-2/h5-6,10-11,17H,3-4,7-9,12H2,1-2H3. The predicted octanol–water partition coefficient (Wildman–Crippen LogP) is 3.10. The maximum atomic E-state index is 13.0. The molecule has 0 aliphatic carbocycles. The van der Waals surface area contributed by atoms with Crippen LogP contribution in [0, 0.1) is 0 Å². The van der Waals surface area contributed by atoms with Crippen LogP contribution in [0.15, 0.2) is 24.4 Å². The molecule has 2 aromatic rings. The van der Waals surface area contributed by atoms with E-state index in [0.717, 1.165) is 36.5 Å². The molecule has 4 rings (SSSR count). The summed E-state index contributed by atoms with van der Waals surface area (Å²) in [6.07, 6.45) is 4.91. The summed E-state index contributed by atoms with van der Waals surface area (Å²) in [7, 11) is 3.68. The molecule has 0 bridgehead atoms. The van der Waals surface area contributed by atoms with E-state index >= 15 is 0 Å². The van der Waals surface area contributed by atoms with Crippen molar-refractivity contribution < 1.29 is 9.53 Å². The number of carbonyl (C=O) groups excluding carboxylic acids is 1. The summed E-state index contributed by atoms with van der Waals surface area (Å²) in [5, 5.41) is 0.519. The molecule has 1 amide bonds. The Morgan fingerprint density at radius 2 is 2.19 bits per heavy atom. The predicted molar refractivity (Wildman–Crippen MR) is 103 cm³/mol. The molecule has 1 aromatic carbocycles. The highest BCUT2D eigenvalue weighted by molar-refractivity contribution is 6.31. The SMILES string of the molecule is COc1ccc(Cl)cc1C(=O)N1CCc2nc(C3CCCN3C)ncc2C1. The van der Waals surface area contributed by atoms with Crippen molar-refractivity contribution in [2.75, 3.05) is 27.2 Å². The van der Waals surface area contributed by atoms with Crippen LogP contribution in [-0.4, -0.2) is 52.9 Å². The summed E-state index contributed by atoms with van der Waals surface area (Å²) < 4.78 is 5.33. The van der Waals surface area contributed by atoms with Crippen molar-refractivity contribution in [2.24, 2.45) is 0 Å². The Labute approximate surface area is 164 Å². The third kappa shape index (κ3) is 3.51. The Morgan fingerprint density at radius 3 is 2.93 bits per heavy atom. The molecule has 0 saturated carbocycles. The van der Waals surface area contributed by atoms with E-state index in [1.807, 2.05) is 6.20 Å². The van der Waals surface area contributed by atoms with Crippen LogP contribution in [0.4, 0.5) is 0 Å². The third-order valence-corrected chi connectivity index (χ3v) is 5.69. The molecule has 6 nitrogen and oxygen atoms in total. The molecule has 1 aromatic heterocycles. The summed E-state index contributed by atoms with van der Waals surface area (Å²) in [5.74, 6) is 1.36. The molecule has 1 atom stereocenters. The zero-order chi connectivity index (χ0) is 19.0. The minimum absolute atomic E-state index is 0.0837. The first kappa shape index (κ1) is 18.2. The zero-order valence-corrected chi connectivity index (χ0v) is 16.4. The molecule has 3 heterocycles. The monoisotopic (exact) mass is 386 g/mol.